The van der Waals surface area contributed by atoms with Crippen molar-refractivity contribution in [1.29, 1.82) is 0 Å². The minimum absolute atomic E-state index is 0.0269. The van der Waals surface area contributed by atoms with E-state index in [1.165, 1.54) is 40.9 Å². The monoisotopic (exact) mass is 608 g/mol. The molecule has 1 aliphatic heterocycles. The highest BCUT2D eigenvalue weighted by atomic mass is 28.4. The summed E-state index contributed by atoms with van der Waals surface area (Å²) in [6.45, 7) is 12.8. The molecule has 6 rings (SSSR count). The molecule has 3 aliphatic rings. The van der Waals surface area contributed by atoms with Crippen molar-refractivity contribution >= 4 is 33.4 Å². The maximum Gasteiger partial charge on any atom is 0.261 e. The van der Waals surface area contributed by atoms with Gasteiger partial charge in [-0.15, -0.1) is 0 Å². The average molecular weight is 609 g/mol. The third kappa shape index (κ3) is 6.43. The van der Waals surface area contributed by atoms with E-state index in [9.17, 15) is 0 Å². The normalized spacial score (nSPS) is 27.0. The van der Waals surface area contributed by atoms with Crippen LogP contribution in [0.2, 0.25) is 11.1 Å². The lowest BCUT2D eigenvalue weighted by Crippen LogP contribution is -2.68. The number of rotatable bonds is 8. The van der Waals surface area contributed by atoms with Gasteiger partial charge in [0.25, 0.3) is 8.32 Å². The molecule has 3 aromatic rings. The maximum atomic E-state index is 7.98. The van der Waals surface area contributed by atoms with Crippen molar-refractivity contribution in [3.8, 4) is 0 Å². The molecule has 43 heavy (non-hydrogen) atoms. The van der Waals surface area contributed by atoms with Crippen LogP contribution in [0.15, 0.2) is 103 Å². The fourth-order valence-corrected chi connectivity index (χ4v) is 14.0. The smallest absolute Gasteiger partial charge is 0.261 e. The van der Waals surface area contributed by atoms with Crippen molar-refractivity contribution in [3.63, 3.8) is 0 Å². The molecule has 1 heterocycles. The molecule has 2 aliphatic carbocycles. The van der Waals surface area contributed by atoms with Gasteiger partial charge in [0.1, 0.15) is 0 Å². The van der Waals surface area contributed by atoms with Crippen LogP contribution in [0.25, 0.3) is 0 Å². The predicted octanol–water partition coefficient (Wildman–Crippen LogP) is 6.75. The van der Waals surface area contributed by atoms with Gasteiger partial charge in [0.05, 0.1) is 28.8 Å². The highest BCUT2D eigenvalue weighted by Crippen LogP contribution is 2.54. The van der Waals surface area contributed by atoms with Crippen LogP contribution in [0.5, 0.6) is 0 Å². The summed E-state index contributed by atoms with van der Waals surface area (Å²) in [4.78, 5) is 0. The van der Waals surface area contributed by atoms with Crippen LogP contribution in [0.1, 0.15) is 53.9 Å². The zero-order chi connectivity index (χ0) is 30.1. The fourth-order valence-electron chi connectivity index (χ4n) is 7.92. The Labute approximate surface area is 263 Å². The molecule has 1 saturated heterocycles. The second-order valence-electron chi connectivity index (χ2n) is 14.3. The Morgan fingerprint density at radius 1 is 0.860 bits per heavy atom. The van der Waals surface area contributed by atoms with Crippen LogP contribution in [0, 0.1) is 23.7 Å². The molecular formula is C38H48O3Si2. The van der Waals surface area contributed by atoms with Gasteiger partial charge in [-0.3, -0.25) is 0 Å². The van der Waals surface area contributed by atoms with Gasteiger partial charge >= 0.3 is 0 Å². The quantitative estimate of drug-likeness (QED) is 0.209. The Kier molecular flexibility index (Phi) is 9.01. The first-order chi connectivity index (χ1) is 20.7. The van der Waals surface area contributed by atoms with E-state index in [1.807, 2.05) is 13.8 Å². The number of fused-ring (bicyclic) bond motifs is 1. The van der Waals surface area contributed by atoms with E-state index in [2.05, 4.69) is 118 Å². The van der Waals surface area contributed by atoms with Crippen LogP contribution in [-0.2, 0) is 13.9 Å². The molecule has 0 unspecified atom stereocenters. The standard InChI is InChI=1S/C38H48O3Si2/c1-37(2,3)43(32-17-11-7-12-18-32,33-19-13-8-14-20-33)41-36-30(27-42-31-15-9-6-10-16-31)24-35-29(21-22-34(35)36)23-28-25-39-38(4,5)40-26-28/h6-20,23,28,30,34-36H,21-22,24-27H2,1-5H3/b29-23+/t30-,34-,35-,36-/m0/s1. The Hall–Kier alpha value is -2.29. The molecule has 0 aromatic heterocycles. The summed E-state index contributed by atoms with van der Waals surface area (Å²) in [7, 11) is -1.86. The summed E-state index contributed by atoms with van der Waals surface area (Å²) in [5.41, 5.74) is 1.63. The summed E-state index contributed by atoms with van der Waals surface area (Å²) in [6, 6.07) is 34.7. The third-order valence-electron chi connectivity index (χ3n) is 10.0. The molecule has 226 valence electrons. The fraction of sp³-hybridized carbons (Fsp3) is 0.474. The molecule has 0 bridgehead atoms. The van der Waals surface area contributed by atoms with Crippen LogP contribution in [-0.4, -0.2) is 42.9 Å². The Bertz CT molecular complexity index is 1320. The van der Waals surface area contributed by atoms with Gasteiger partial charge in [0.15, 0.2) is 5.79 Å². The van der Waals surface area contributed by atoms with Gasteiger partial charge in [0, 0.05) is 5.92 Å². The van der Waals surface area contributed by atoms with Gasteiger partial charge in [0.2, 0.25) is 0 Å². The first-order valence-electron chi connectivity index (χ1n) is 16.2. The van der Waals surface area contributed by atoms with E-state index in [0.717, 1.165) is 22.7 Å². The Morgan fingerprint density at radius 2 is 1.42 bits per heavy atom. The van der Waals surface area contributed by atoms with E-state index in [1.54, 1.807) is 5.57 Å². The summed E-state index contributed by atoms with van der Waals surface area (Å²) < 4.78 is 20.1. The lowest BCUT2D eigenvalue weighted by molar-refractivity contribution is -0.256. The van der Waals surface area contributed by atoms with Crippen LogP contribution in [0.3, 0.4) is 0 Å². The third-order valence-corrected chi connectivity index (χ3v) is 16.5. The van der Waals surface area contributed by atoms with Crippen LogP contribution >= 0.6 is 0 Å². The van der Waals surface area contributed by atoms with Gasteiger partial charge in [-0.2, -0.15) is 0 Å². The molecule has 2 radical (unpaired) electrons. The van der Waals surface area contributed by atoms with Crippen molar-refractivity contribution < 1.29 is 13.9 Å². The first kappa shape index (κ1) is 30.7. The van der Waals surface area contributed by atoms with E-state index in [-0.39, 0.29) is 11.1 Å². The molecule has 0 amide bonds. The molecule has 4 atom stereocenters. The minimum atomic E-state index is -2.66. The number of hydrogen-bond acceptors (Lipinski definition) is 3. The highest BCUT2D eigenvalue weighted by molar-refractivity contribution is 6.99. The summed E-state index contributed by atoms with van der Waals surface area (Å²) in [5.74, 6) is 1.54. The predicted molar refractivity (Wildman–Crippen MR) is 181 cm³/mol. The molecule has 2 saturated carbocycles. The Balaban J connectivity index is 1.36. The van der Waals surface area contributed by atoms with Crippen molar-refractivity contribution in [2.45, 2.75) is 76.9 Å². The zero-order valence-electron chi connectivity index (χ0n) is 26.6. The summed E-state index contributed by atoms with van der Waals surface area (Å²) in [5, 5.41) is 4.20. The van der Waals surface area contributed by atoms with E-state index in [0.29, 0.717) is 23.7 Å². The molecule has 5 heteroatoms. The van der Waals surface area contributed by atoms with Gasteiger partial charge in [-0.1, -0.05) is 135 Å². The van der Waals surface area contributed by atoms with E-state index < -0.39 is 14.1 Å². The van der Waals surface area contributed by atoms with E-state index >= 15 is 0 Å². The summed E-state index contributed by atoms with van der Waals surface area (Å²) in [6.07, 6.45) is 6.38. The van der Waals surface area contributed by atoms with E-state index in [4.69, 9.17) is 13.9 Å². The highest BCUT2D eigenvalue weighted by Gasteiger charge is 2.56. The second kappa shape index (κ2) is 12.6. The lowest BCUT2D eigenvalue weighted by atomic mass is 9.93. The molecule has 0 N–H and O–H groups in total. The lowest BCUT2D eigenvalue weighted by Gasteiger charge is -2.46. The molecular weight excluding hydrogens is 561 g/mol. The second-order valence-corrected chi connectivity index (χ2v) is 19.9. The molecule has 3 aromatic carbocycles. The van der Waals surface area contributed by atoms with Crippen molar-refractivity contribution in [2.75, 3.05) is 13.2 Å². The number of benzene rings is 3. The maximum absolute atomic E-state index is 7.98. The average Bonchev–Trinajstić information content (AvgIpc) is 3.55. The van der Waals surface area contributed by atoms with Gasteiger partial charge < -0.3 is 13.9 Å². The molecule has 0 spiro atoms. The number of hydrogen-bond donors (Lipinski definition) is 0. The number of allylic oxidation sites excluding steroid dienone is 1. The van der Waals surface area contributed by atoms with Crippen LogP contribution in [0.4, 0.5) is 0 Å². The van der Waals surface area contributed by atoms with Crippen molar-refractivity contribution in [2.24, 2.45) is 23.7 Å². The molecule has 3 nitrogen and oxygen atoms in total. The van der Waals surface area contributed by atoms with Gasteiger partial charge in [-0.25, -0.2) is 0 Å². The largest absolute Gasteiger partial charge is 0.404 e. The summed E-state index contributed by atoms with van der Waals surface area (Å²) >= 11 is 0. The first-order valence-corrected chi connectivity index (χ1v) is 19.3. The van der Waals surface area contributed by atoms with Crippen molar-refractivity contribution in [3.05, 3.63) is 103 Å². The zero-order valence-corrected chi connectivity index (χ0v) is 28.6. The number of ether oxygens (including phenoxy) is 2. The Morgan fingerprint density at radius 3 is 1.98 bits per heavy atom. The SMILES string of the molecule is CC1(C)OCC(/C=C2\CC[C@@H]3[C@@H](O[Si](c4ccccc4)(c4ccccc4)C(C)(C)C)[C@H](C[Si]c4ccccc4)C[C@@H]23)CO1. The van der Waals surface area contributed by atoms with Crippen LogP contribution < -0.4 is 15.6 Å². The van der Waals surface area contributed by atoms with Gasteiger partial charge in [-0.05, 0) is 66.3 Å². The minimum Gasteiger partial charge on any atom is -0.404 e. The topological polar surface area (TPSA) is 27.7 Å². The van der Waals surface area contributed by atoms with Crippen molar-refractivity contribution in [1.82, 2.24) is 0 Å². The molecule has 3 fully saturated rings.